The average Bonchev–Trinajstić information content (AvgIpc) is 2.53. The molecule has 0 aliphatic heterocycles. The summed E-state index contributed by atoms with van der Waals surface area (Å²) in [4.78, 5) is 4.45. The molecule has 2 aromatic rings. The number of aryl methyl sites for hydroxylation is 1. The van der Waals surface area contributed by atoms with Gasteiger partial charge in [0.2, 0.25) is 0 Å². The number of aromatic nitrogens is 1. The lowest BCUT2D eigenvalue weighted by atomic mass is 10.2. The van der Waals surface area contributed by atoms with E-state index in [4.69, 9.17) is 5.73 Å². The number of fused-ring (bicyclic) bond motifs is 1. The first-order chi connectivity index (χ1) is 7.20. The highest BCUT2D eigenvalue weighted by Crippen LogP contribution is 2.29. The van der Waals surface area contributed by atoms with Gasteiger partial charge in [0, 0.05) is 6.54 Å². The van der Waals surface area contributed by atoms with Crippen molar-refractivity contribution in [1.82, 2.24) is 4.98 Å². The highest BCUT2D eigenvalue weighted by Gasteiger charge is 2.05. The average molecular weight is 221 g/mol. The summed E-state index contributed by atoms with van der Waals surface area (Å²) in [5.41, 5.74) is 8.79. The molecule has 3 nitrogen and oxygen atoms in total. The van der Waals surface area contributed by atoms with E-state index in [1.165, 1.54) is 0 Å². The number of nitrogen functional groups attached to an aromatic ring is 1. The standard InChI is InChI=1S/C11H15N3S/c1-3-4-13-9-6-10-11(5-8(9)12)15-7(2)14-10/h5-6,13H,3-4,12H2,1-2H3. The minimum Gasteiger partial charge on any atom is -0.397 e. The van der Waals surface area contributed by atoms with Gasteiger partial charge < -0.3 is 11.1 Å². The van der Waals surface area contributed by atoms with Crippen molar-refractivity contribution >= 4 is 32.9 Å². The molecular weight excluding hydrogens is 206 g/mol. The van der Waals surface area contributed by atoms with Gasteiger partial charge in [0.05, 0.1) is 26.6 Å². The molecule has 1 aromatic carbocycles. The Morgan fingerprint density at radius 2 is 2.27 bits per heavy atom. The van der Waals surface area contributed by atoms with Gasteiger partial charge >= 0.3 is 0 Å². The Kier molecular flexibility index (Phi) is 2.77. The fourth-order valence-corrected chi connectivity index (χ4v) is 2.37. The molecule has 15 heavy (non-hydrogen) atoms. The van der Waals surface area contributed by atoms with Crippen LogP contribution in [-0.4, -0.2) is 11.5 Å². The third kappa shape index (κ3) is 2.04. The van der Waals surface area contributed by atoms with E-state index in [-0.39, 0.29) is 0 Å². The fraction of sp³-hybridized carbons (Fsp3) is 0.364. The van der Waals surface area contributed by atoms with E-state index < -0.39 is 0 Å². The van der Waals surface area contributed by atoms with E-state index in [1.807, 2.05) is 19.1 Å². The molecule has 0 spiro atoms. The number of rotatable bonds is 3. The second-order valence-electron chi connectivity index (χ2n) is 3.57. The summed E-state index contributed by atoms with van der Waals surface area (Å²) >= 11 is 1.68. The highest BCUT2D eigenvalue weighted by molar-refractivity contribution is 7.18. The molecule has 3 N–H and O–H groups in total. The molecule has 2 rings (SSSR count). The highest BCUT2D eigenvalue weighted by atomic mass is 32.1. The summed E-state index contributed by atoms with van der Waals surface area (Å²) in [5, 5.41) is 4.38. The Bertz CT molecular complexity index is 476. The fourth-order valence-electron chi connectivity index (χ4n) is 1.52. The van der Waals surface area contributed by atoms with Crippen LogP contribution in [0.3, 0.4) is 0 Å². The topological polar surface area (TPSA) is 50.9 Å². The lowest BCUT2D eigenvalue weighted by molar-refractivity contribution is 0.980. The van der Waals surface area contributed by atoms with Crippen molar-refractivity contribution in [3.63, 3.8) is 0 Å². The Morgan fingerprint density at radius 3 is 3.00 bits per heavy atom. The van der Waals surface area contributed by atoms with Gasteiger partial charge in [0.15, 0.2) is 0 Å². The summed E-state index contributed by atoms with van der Waals surface area (Å²) in [7, 11) is 0. The third-order valence-corrected chi connectivity index (χ3v) is 3.17. The van der Waals surface area contributed by atoms with Crippen molar-refractivity contribution in [3.8, 4) is 0 Å². The quantitative estimate of drug-likeness (QED) is 0.783. The molecule has 0 aliphatic rings. The van der Waals surface area contributed by atoms with Crippen LogP contribution < -0.4 is 11.1 Å². The predicted octanol–water partition coefficient (Wildman–Crippen LogP) is 3.01. The Morgan fingerprint density at radius 1 is 1.47 bits per heavy atom. The lowest BCUT2D eigenvalue weighted by Gasteiger charge is -2.07. The second kappa shape index (κ2) is 4.06. The molecule has 0 atom stereocenters. The van der Waals surface area contributed by atoms with Gasteiger partial charge in [-0.25, -0.2) is 4.98 Å². The second-order valence-corrected chi connectivity index (χ2v) is 4.80. The number of nitrogens with two attached hydrogens (primary N) is 1. The number of nitrogens with zero attached hydrogens (tertiary/aromatic N) is 1. The summed E-state index contributed by atoms with van der Waals surface area (Å²) in [5.74, 6) is 0. The molecule has 4 heteroatoms. The zero-order valence-corrected chi connectivity index (χ0v) is 9.82. The van der Waals surface area contributed by atoms with Crippen molar-refractivity contribution in [1.29, 1.82) is 0 Å². The van der Waals surface area contributed by atoms with E-state index in [1.54, 1.807) is 11.3 Å². The maximum atomic E-state index is 5.95. The van der Waals surface area contributed by atoms with Crippen LogP contribution in [0.4, 0.5) is 11.4 Å². The molecule has 0 saturated carbocycles. The first-order valence-corrected chi connectivity index (χ1v) is 5.93. The van der Waals surface area contributed by atoms with Crippen LogP contribution in [0.5, 0.6) is 0 Å². The SMILES string of the molecule is CCCNc1cc2nc(C)sc2cc1N. The van der Waals surface area contributed by atoms with Gasteiger partial charge in [-0.2, -0.15) is 0 Å². The Balaban J connectivity index is 2.42. The monoisotopic (exact) mass is 221 g/mol. The van der Waals surface area contributed by atoms with Crippen LogP contribution in [0, 0.1) is 6.92 Å². The zero-order chi connectivity index (χ0) is 10.8. The number of benzene rings is 1. The first-order valence-electron chi connectivity index (χ1n) is 5.11. The van der Waals surface area contributed by atoms with Gasteiger partial charge in [-0.15, -0.1) is 11.3 Å². The zero-order valence-electron chi connectivity index (χ0n) is 9.00. The van der Waals surface area contributed by atoms with Crippen molar-refractivity contribution in [2.75, 3.05) is 17.6 Å². The number of hydrogen-bond acceptors (Lipinski definition) is 4. The van der Waals surface area contributed by atoms with Crippen molar-refractivity contribution in [2.45, 2.75) is 20.3 Å². The number of hydrogen-bond donors (Lipinski definition) is 2. The number of nitrogens with one attached hydrogen (secondary N) is 1. The maximum absolute atomic E-state index is 5.95. The number of thiazole rings is 1. The molecule has 1 aromatic heterocycles. The molecular formula is C11H15N3S. The van der Waals surface area contributed by atoms with Crippen LogP contribution in [-0.2, 0) is 0 Å². The summed E-state index contributed by atoms with van der Waals surface area (Å²) in [6.45, 7) is 5.09. The molecule has 80 valence electrons. The van der Waals surface area contributed by atoms with Gasteiger partial charge in [0.25, 0.3) is 0 Å². The summed E-state index contributed by atoms with van der Waals surface area (Å²) < 4.78 is 1.16. The van der Waals surface area contributed by atoms with Gasteiger partial charge in [-0.1, -0.05) is 6.92 Å². The van der Waals surface area contributed by atoms with Crippen LogP contribution in [0.15, 0.2) is 12.1 Å². The van der Waals surface area contributed by atoms with Crippen LogP contribution in [0.1, 0.15) is 18.4 Å². The molecule has 0 fully saturated rings. The molecule has 0 unspecified atom stereocenters. The van der Waals surface area contributed by atoms with Crippen molar-refractivity contribution in [2.24, 2.45) is 0 Å². The van der Waals surface area contributed by atoms with E-state index in [0.717, 1.165) is 39.6 Å². The van der Waals surface area contributed by atoms with E-state index >= 15 is 0 Å². The first kappa shape index (κ1) is 10.2. The van der Waals surface area contributed by atoms with E-state index in [2.05, 4.69) is 17.2 Å². The van der Waals surface area contributed by atoms with Gasteiger partial charge in [-0.05, 0) is 25.5 Å². The maximum Gasteiger partial charge on any atom is 0.0907 e. The molecule has 0 radical (unpaired) electrons. The van der Waals surface area contributed by atoms with Gasteiger partial charge in [-0.3, -0.25) is 0 Å². The summed E-state index contributed by atoms with van der Waals surface area (Å²) in [6, 6.07) is 4.03. The van der Waals surface area contributed by atoms with E-state index in [9.17, 15) is 0 Å². The van der Waals surface area contributed by atoms with Crippen molar-refractivity contribution < 1.29 is 0 Å². The third-order valence-electron chi connectivity index (χ3n) is 2.23. The summed E-state index contributed by atoms with van der Waals surface area (Å²) in [6.07, 6.45) is 1.09. The minimum absolute atomic E-state index is 0.805. The molecule has 0 saturated heterocycles. The smallest absolute Gasteiger partial charge is 0.0907 e. The lowest BCUT2D eigenvalue weighted by Crippen LogP contribution is -2.02. The normalized spacial score (nSPS) is 10.8. The molecule has 0 amide bonds. The predicted molar refractivity (Wildman–Crippen MR) is 67.6 cm³/mol. The Hall–Kier alpha value is -1.29. The van der Waals surface area contributed by atoms with Crippen LogP contribution >= 0.6 is 11.3 Å². The minimum atomic E-state index is 0.805. The molecule has 1 heterocycles. The van der Waals surface area contributed by atoms with E-state index in [0.29, 0.717) is 0 Å². The van der Waals surface area contributed by atoms with Crippen molar-refractivity contribution in [3.05, 3.63) is 17.1 Å². The number of anilines is 2. The molecule has 0 aliphatic carbocycles. The Labute approximate surface area is 93.3 Å². The van der Waals surface area contributed by atoms with Crippen LogP contribution in [0.25, 0.3) is 10.2 Å². The largest absolute Gasteiger partial charge is 0.397 e. The molecule has 0 bridgehead atoms. The van der Waals surface area contributed by atoms with Crippen LogP contribution in [0.2, 0.25) is 0 Å². The van der Waals surface area contributed by atoms with Gasteiger partial charge in [0.1, 0.15) is 0 Å².